The standard InChI is InChI=1S/C16H14ClNO3/c1-11-4-2-5-12(18-11)10-21-15-7-3-6-14(17)13(15)8-9-16(19)20/h2-9H,10H2,1H3,(H,19,20)/b9-8+. The van der Waals surface area contributed by atoms with Gasteiger partial charge in [0, 0.05) is 17.3 Å². The Hall–Kier alpha value is -2.33. The van der Waals surface area contributed by atoms with Crippen LogP contribution in [0.2, 0.25) is 5.02 Å². The molecule has 1 N–H and O–H groups in total. The number of carboxylic acid groups (broad SMARTS) is 1. The summed E-state index contributed by atoms with van der Waals surface area (Å²) in [5, 5.41) is 9.15. The topological polar surface area (TPSA) is 59.4 Å². The number of aromatic nitrogens is 1. The number of carbonyl (C=O) groups is 1. The van der Waals surface area contributed by atoms with E-state index < -0.39 is 5.97 Å². The van der Waals surface area contributed by atoms with Crippen molar-refractivity contribution in [1.82, 2.24) is 4.98 Å². The van der Waals surface area contributed by atoms with Gasteiger partial charge in [0.05, 0.1) is 10.7 Å². The molecule has 5 heteroatoms. The van der Waals surface area contributed by atoms with E-state index in [0.717, 1.165) is 17.5 Å². The van der Waals surface area contributed by atoms with Gasteiger partial charge in [0.15, 0.2) is 0 Å². The van der Waals surface area contributed by atoms with Gasteiger partial charge >= 0.3 is 5.97 Å². The molecule has 1 heterocycles. The number of benzene rings is 1. The van der Waals surface area contributed by atoms with E-state index in [4.69, 9.17) is 21.4 Å². The molecule has 2 rings (SSSR count). The van der Waals surface area contributed by atoms with Crippen molar-refractivity contribution >= 4 is 23.6 Å². The summed E-state index contributed by atoms with van der Waals surface area (Å²) >= 11 is 6.08. The van der Waals surface area contributed by atoms with Gasteiger partial charge in [-0.1, -0.05) is 23.7 Å². The van der Waals surface area contributed by atoms with Crippen molar-refractivity contribution in [2.75, 3.05) is 0 Å². The summed E-state index contributed by atoms with van der Waals surface area (Å²) in [7, 11) is 0. The summed E-state index contributed by atoms with van der Waals surface area (Å²) in [6, 6.07) is 10.8. The lowest BCUT2D eigenvalue weighted by molar-refractivity contribution is -0.131. The second kappa shape index (κ2) is 6.90. The number of aliphatic carboxylic acids is 1. The number of hydrogen-bond donors (Lipinski definition) is 1. The molecule has 1 aromatic carbocycles. The zero-order chi connectivity index (χ0) is 15.2. The van der Waals surface area contributed by atoms with Crippen molar-refractivity contribution in [1.29, 1.82) is 0 Å². The van der Waals surface area contributed by atoms with E-state index in [9.17, 15) is 4.79 Å². The Morgan fingerprint density at radius 2 is 2.10 bits per heavy atom. The number of ether oxygens (including phenoxy) is 1. The molecule has 0 aliphatic carbocycles. The Morgan fingerprint density at radius 3 is 2.81 bits per heavy atom. The van der Waals surface area contributed by atoms with Crippen molar-refractivity contribution in [3.63, 3.8) is 0 Å². The van der Waals surface area contributed by atoms with E-state index in [1.165, 1.54) is 6.08 Å². The fourth-order valence-electron chi connectivity index (χ4n) is 1.79. The van der Waals surface area contributed by atoms with Crippen LogP contribution < -0.4 is 4.74 Å². The highest BCUT2D eigenvalue weighted by Gasteiger charge is 2.07. The molecule has 2 aromatic rings. The molecule has 0 spiro atoms. The molecule has 0 bridgehead atoms. The number of hydrogen-bond acceptors (Lipinski definition) is 3. The number of carboxylic acids is 1. The second-order valence-electron chi connectivity index (χ2n) is 4.38. The molecule has 0 saturated carbocycles. The first kappa shape index (κ1) is 15.1. The van der Waals surface area contributed by atoms with E-state index >= 15 is 0 Å². The fourth-order valence-corrected chi connectivity index (χ4v) is 2.02. The van der Waals surface area contributed by atoms with Gasteiger partial charge in [-0.05, 0) is 37.3 Å². The molecule has 0 saturated heterocycles. The molecule has 0 amide bonds. The Labute approximate surface area is 127 Å². The van der Waals surface area contributed by atoms with Crippen LogP contribution in [0.3, 0.4) is 0 Å². The highest BCUT2D eigenvalue weighted by atomic mass is 35.5. The molecule has 1 aromatic heterocycles. The van der Waals surface area contributed by atoms with Gasteiger partial charge in [-0.25, -0.2) is 4.79 Å². The normalized spacial score (nSPS) is 10.8. The molecule has 0 radical (unpaired) electrons. The SMILES string of the molecule is Cc1cccc(COc2cccc(Cl)c2/C=C/C(=O)O)n1. The fraction of sp³-hybridized carbons (Fsp3) is 0.125. The molecule has 0 aliphatic heterocycles. The van der Waals surface area contributed by atoms with E-state index in [-0.39, 0.29) is 6.61 Å². The first-order valence-electron chi connectivity index (χ1n) is 6.31. The van der Waals surface area contributed by atoms with Crippen molar-refractivity contribution in [2.45, 2.75) is 13.5 Å². The quantitative estimate of drug-likeness (QED) is 0.855. The largest absolute Gasteiger partial charge is 0.487 e. The molecule has 4 nitrogen and oxygen atoms in total. The molecular formula is C16H14ClNO3. The Kier molecular flexibility index (Phi) is 4.95. The summed E-state index contributed by atoms with van der Waals surface area (Å²) in [5.74, 6) is -0.524. The molecular weight excluding hydrogens is 290 g/mol. The van der Waals surface area contributed by atoms with E-state index in [1.807, 2.05) is 25.1 Å². The minimum atomic E-state index is -1.04. The average molecular weight is 304 g/mol. The van der Waals surface area contributed by atoms with Crippen molar-refractivity contribution < 1.29 is 14.6 Å². The number of halogens is 1. The highest BCUT2D eigenvalue weighted by Crippen LogP contribution is 2.28. The van der Waals surface area contributed by atoms with Gasteiger partial charge in [0.1, 0.15) is 12.4 Å². The lowest BCUT2D eigenvalue weighted by Crippen LogP contribution is -2.00. The predicted molar refractivity (Wildman–Crippen MR) is 81.4 cm³/mol. The van der Waals surface area contributed by atoms with Crippen molar-refractivity contribution in [2.24, 2.45) is 0 Å². The van der Waals surface area contributed by atoms with Gasteiger partial charge in [0.25, 0.3) is 0 Å². The lowest BCUT2D eigenvalue weighted by Gasteiger charge is -2.10. The summed E-state index contributed by atoms with van der Waals surface area (Å²) < 4.78 is 5.70. The van der Waals surface area contributed by atoms with Crippen LogP contribution in [0.1, 0.15) is 17.0 Å². The smallest absolute Gasteiger partial charge is 0.328 e. The summed E-state index contributed by atoms with van der Waals surface area (Å²) in [6.45, 7) is 2.19. The monoisotopic (exact) mass is 303 g/mol. The third-order valence-corrected chi connectivity index (χ3v) is 3.06. The van der Waals surface area contributed by atoms with Crippen LogP contribution in [0.25, 0.3) is 6.08 Å². The maximum Gasteiger partial charge on any atom is 0.328 e. The van der Waals surface area contributed by atoms with Crippen LogP contribution in [-0.4, -0.2) is 16.1 Å². The zero-order valence-electron chi connectivity index (χ0n) is 11.4. The van der Waals surface area contributed by atoms with Gasteiger partial charge in [-0.15, -0.1) is 0 Å². The van der Waals surface area contributed by atoms with Crippen LogP contribution >= 0.6 is 11.6 Å². The minimum absolute atomic E-state index is 0.288. The van der Waals surface area contributed by atoms with Crippen LogP contribution in [0, 0.1) is 6.92 Å². The van der Waals surface area contributed by atoms with Crippen LogP contribution in [0.15, 0.2) is 42.5 Å². The number of nitrogens with zero attached hydrogens (tertiary/aromatic N) is 1. The number of pyridine rings is 1. The molecule has 21 heavy (non-hydrogen) atoms. The van der Waals surface area contributed by atoms with Gasteiger partial charge in [-0.3, -0.25) is 4.98 Å². The Bertz CT molecular complexity index is 683. The van der Waals surface area contributed by atoms with Crippen molar-refractivity contribution in [3.05, 3.63) is 64.4 Å². The number of aryl methyl sites for hydroxylation is 1. The lowest BCUT2D eigenvalue weighted by atomic mass is 10.2. The third-order valence-electron chi connectivity index (χ3n) is 2.73. The molecule has 0 fully saturated rings. The highest BCUT2D eigenvalue weighted by molar-refractivity contribution is 6.32. The van der Waals surface area contributed by atoms with E-state index in [0.29, 0.717) is 16.3 Å². The van der Waals surface area contributed by atoms with Crippen molar-refractivity contribution in [3.8, 4) is 5.75 Å². The van der Waals surface area contributed by atoms with Gasteiger partial charge < -0.3 is 9.84 Å². The molecule has 108 valence electrons. The zero-order valence-corrected chi connectivity index (χ0v) is 12.2. The Balaban J connectivity index is 2.20. The maximum atomic E-state index is 10.6. The van der Waals surface area contributed by atoms with Crippen LogP contribution in [0.5, 0.6) is 5.75 Å². The third kappa shape index (κ3) is 4.33. The molecule has 0 atom stereocenters. The molecule has 0 unspecified atom stereocenters. The van der Waals surface area contributed by atoms with Crippen LogP contribution in [0.4, 0.5) is 0 Å². The predicted octanol–water partition coefficient (Wildman–Crippen LogP) is 3.72. The van der Waals surface area contributed by atoms with E-state index in [1.54, 1.807) is 18.2 Å². The average Bonchev–Trinajstić information content (AvgIpc) is 2.44. The second-order valence-corrected chi connectivity index (χ2v) is 4.79. The first-order valence-corrected chi connectivity index (χ1v) is 6.69. The summed E-state index contributed by atoms with van der Waals surface area (Å²) in [5.41, 5.74) is 2.24. The van der Waals surface area contributed by atoms with Gasteiger partial charge in [0.2, 0.25) is 0 Å². The summed E-state index contributed by atoms with van der Waals surface area (Å²) in [6.07, 6.45) is 2.45. The van der Waals surface area contributed by atoms with Gasteiger partial charge in [-0.2, -0.15) is 0 Å². The van der Waals surface area contributed by atoms with Crippen LogP contribution in [-0.2, 0) is 11.4 Å². The Morgan fingerprint density at radius 1 is 1.33 bits per heavy atom. The number of rotatable bonds is 5. The first-order chi connectivity index (χ1) is 10.1. The summed E-state index contributed by atoms with van der Waals surface area (Å²) in [4.78, 5) is 15.0. The van der Waals surface area contributed by atoms with E-state index in [2.05, 4.69) is 4.98 Å². The minimum Gasteiger partial charge on any atom is -0.487 e. The maximum absolute atomic E-state index is 10.6. The molecule has 0 aliphatic rings.